The van der Waals surface area contributed by atoms with Crippen LogP contribution >= 0.6 is 0 Å². The molecular formula is C42H30N2. The van der Waals surface area contributed by atoms with Crippen LogP contribution in [0, 0.1) is 6.92 Å². The van der Waals surface area contributed by atoms with Gasteiger partial charge in [-0.25, -0.2) is 4.98 Å². The average Bonchev–Trinajstić information content (AvgIpc) is 3.36. The molecule has 0 aliphatic carbocycles. The standard InChI is InChI=1S/C42H30N2/c1-3-4-19-40-28(2)37-24-32-21-23-35-34-18-12-11-15-30(34)20-22-36(35)38(32)27-41(37)44(40)42-26-33(29-13-7-5-8-14-29)25-39(43-42)31-16-9-6-10-17-31/h3-27H,1H2,2H3/b19-4-. The van der Waals surface area contributed by atoms with Gasteiger partial charge in [0.25, 0.3) is 0 Å². The van der Waals surface area contributed by atoms with E-state index in [2.05, 4.69) is 152 Å². The molecule has 0 unspecified atom stereocenters. The van der Waals surface area contributed by atoms with Gasteiger partial charge in [-0.15, -0.1) is 0 Å². The molecule has 0 spiro atoms. The minimum absolute atomic E-state index is 0.886. The molecule has 0 amide bonds. The lowest BCUT2D eigenvalue weighted by atomic mass is 9.96. The first-order chi connectivity index (χ1) is 21.7. The van der Waals surface area contributed by atoms with E-state index >= 15 is 0 Å². The molecule has 2 heterocycles. The van der Waals surface area contributed by atoms with Gasteiger partial charge in [0.2, 0.25) is 0 Å². The van der Waals surface area contributed by atoms with Crippen molar-refractivity contribution in [2.75, 3.05) is 0 Å². The molecule has 8 aromatic rings. The van der Waals surface area contributed by atoms with E-state index in [4.69, 9.17) is 4.98 Å². The number of fused-ring (bicyclic) bond motifs is 6. The van der Waals surface area contributed by atoms with Crippen molar-refractivity contribution >= 4 is 49.3 Å². The number of rotatable bonds is 5. The maximum Gasteiger partial charge on any atom is 0.138 e. The molecule has 0 aliphatic rings. The SMILES string of the molecule is C=C/C=C\c1c(C)c2cc3ccc4c5ccccc5ccc4c3cc2n1-c1cc(-c2ccccc2)cc(-c2ccccc2)n1. The first-order valence-corrected chi connectivity index (χ1v) is 15.0. The van der Waals surface area contributed by atoms with Crippen LogP contribution in [0.15, 0.2) is 152 Å². The fraction of sp³-hybridized carbons (Fsp3) is 0.0238. The van der Waals surface area contributed by atoms with Crippen molar-refractivity contribution < 1.29 is 0 Å². The van der Waals surface area contributed by atoms with Crippen LogP contribution in [-0.2, 0) is 0 Å². The number of hydrogen-bond donors (Lipinski definition) is 0. The molecule has 208 valence electrons. The maximum absolute atomic E-state index is 5.32. The molecular weight excluding hydrogens is 532 g/mol. The summed E-state index contributed by atoms with van der Waals surface area (Å²) >= 11 is 0. The second-order valence-electron chi connectivity index (χ2n) is 11.3. The zero-order chi connectivity index (χ0) is 29.6. The van der Waals surface area contributed by atoms with Crippen molar-refractivity contribution in [1.82, 2.24) is 9.55 Å². The van der Waals surface area contributed by atoms with E-state index < -0.39 is 0 Å². The van der Waals surface area contributed by atoms with Crippen LogP contribution in [0.4, 0.5) is 0 Å². The summed E-state index contributed by atoms with van der Waals surface area (Å²) in [7, 11) is 0. The summed E-state index contributed by atoms with van der Waals surface area (Å²) in [6.07, 6.45) is 6.00. The van der Waals surface area contributed by atoms with Crippen molar-refractivity contribution in [3.05, 3.63) is 163 Å². The Morgan fingerprint density at radius 2 is 1.25 bits per heavy atom. The van der Waals surface area contributed by atoms with Crippen LogP contribution in [0.2, 0.25) is 0 Å². The van der Waals surface area contributed by atoms with E-state index in [1.807, 2.05) is 18.2 Å². The van der Waals surface area contributed by atoms with E-state index in [9.17, 15) is 0 Å². The summed E-state index contributed by atoms with van der Waals surface area (Å²) < 4.78 is 2.32. The third-order valence-electron chi connectivity index (χ3n) is 8.74. The van der Waals surface area contributed by atoms with Crippen molar-refractivity contribution in [1.29, 1.82) is 0 Å². The highest BCUT2D eigenvalue weighted by molar-refractivity contribution is 6.19. The third-order valence-corrected chi connectivity index (χ3v) is 8.74. The molecule has 0 bridgehead atoms. The number of benzene rings is 6. The van der Waals surface area contributed by atoms with Gasteiger partial charge in [0, 0.05) is 10.9 Å². The summed E-state index contributed by atoms with van der Waals surface area (Å²) in [5, 5.41) is 8.75. The van der Waals surface area contributed by atoms with Crippen LogP contribution in [0.5, 0.6) is 0 Å². The molecule has 0 atom stereocenters. The number of nitrogens with zero attached hydrogens (tertiary/aromatic N) is 2. The summed E-state index contributed by atoms with van der Waals surface area (Å²) in [4.78, 5) is 5.32. The molecule has 44 heavy (non-hydrogen) atoms. The molecule has 6 aromatic carbocycles. The minimum Gasteiger partial charge on any atom is -0.294 e. The van der Waals surface area contributed by atoms with Gasteiger partial charge in [0.1, 0.15) is 5.82 Å². The third kappa shape index (κ3) is 4.23. The number of aromatic nitrogens is 2. The molecule has 0 aliphatic heterocycles. The van der Waals surface area contributed by atoms with Gasteiger partial charge in [-0.2, -0.15) is 0 Å². The molecule has 2 heteroatoms. The zero-order valence-electron chi connectivity index (χ0n) is 24.5. The second-order valence-corrected chi connectivity index (χ2v) is 11.3. The maximum atomic E-state index is 5.32. The molecule has 0 fully saturated rings. The lowest BCUT2D eigenvalue weighted by Gasteiger charge is -2.14. The highest BCUT2D eigenvalue weighted by Crippen LogP contribution is 2.38. The predicted molar refractivity (Wildman–Crippen MR) is 188 cm³/mol. The Hall–Kier alpha value is -5.73. The molecule has 2 aromatic heterocycles. The lowest BCUT2D eigenvalue weighted by Crippen LogP contribution is -2.02. The van der Waals surface area contributed by atoms with Crippen LogP contribution in [-0.4, -0.2) is 9.55 Å². The quantitative estimate of drug-likeness (QED) is 0.151. The Bertz CT molecular complexity index is 2340. The monoisotopic (exact) mass is 562 g/mol. The lowest BCUT2D eigenvalue weighted by molar-refractivity contribution is 1.03. The molecule has 0 saturated heterocycles. The largest absolute Gasteiger partial charge is 0.294 e. The topological polar surface area (TPSA) is 17.8 Å². The Morgan fingerprint density at radius 3 is 2.02 bits per heavy atom. The summed E-state index contributed by atoms with van der Waals surface area (Å²) in [6.45, 7) is 6.17. The number of allylic oxidation sites excluding steroid dienone is 2. The second kappa shape index (κ2) is 10.5. The first kappa shape index (κ1) is 25.9. The van der Waals surface area contributed by atoms with Gasteiger partial charge < -0.3 is 0 Å². The van der Waals surface area contributed by atoms with Gasteiger partial charge in [-0.3, -0.25) is 4.57 Å². The van der Waals surface area contributed by atoms with Crippen LogP contribution in [0.25, 0.3) is 77.5 Å². The summed E-state index contributed by atoms with van der Waals surface area (Å²) in [5.41, 5.74) is 7.77. The van der Waals surface area contributed by atoms with E-state index in [-0.39, 0.29) is 0 Å². The van der Waals surface area contributed by atoms with Crippen LogP contribution < -0.4 is 0 Å². The fourth-order valence-electron chi connectivity index (χ4n) is 6.57. The Kier molecular flexibility index (Phi) is 6.20. The van der Waals surface area contributed by atoms with Gasteiger partial charge >= 0.3 is 0 Å². The predicted octanol–water partition coefficient (Wildman–Crippen LogP) is 11.3. The molecule has 2 nitrogen and oxygen atoms in total. The number of aryl methyl sites for hydroxylation is 1. The van der Waals surface area contributed by atoms with Gasteiger partial charge in [0.15, 0.2) is 0 Å². The number of pyridine rings is 1. The first-order valence-electron chi connectivity index (χ1n) is 15.0. The summed E-state index contributed by atoms with van der Waals surface area (Å²) in [5.74, 6) is 0.886. The van der Waals surface area contributed by atoms with Crippen molar-refractivity contribution in [3.63, 3.8) is 0 Å². The minimum atomic E-state index is 0.886. The van der Waals surface area contributed by atoms with E-state index in [0.29, 0.717) is 0 Å². The molecule has 0 N–H and O–H groups in total. The van der Waals surface area contributed by atoms with Gasteiger partial charge in [-0.05, 0) is 86.3 Å². The Labute approximate surface area is 256 Å². The van der Waals surface area contributed by atoms with Crippen molar-refractivity contribution in [3.8, 4) is 28.2 Å². The zero-order valence-corrected chi connectivity index (χ0v) is 24.5. The van der Waals surface area contributed by atoms with Crippen molar-refractivity contribution in [2.24, 2.45) is 0 Å². The normalized spacial score (nSPS) is 11.8. The highest BCUT2D eigenvalue weighted by Gasteiger charge is 2.18. The van der Waals surface area contributed by atoms with Gasteiger partial charge in [-0.1, -0.05) is 128 Å². The van der Waals surface area contributed by atoms with Gasteiger partial charge in [0.05, 0.1) is 16.9 Å². The van der Waals surface area contributed by atoms with E-state index in [1.165, 1.54) is 43.3 Å². The van der Waals surface area contributed by atoms with E-state index in [1.54, 1.807) is 0 Å². The number of hydrogen-bond acceptors (Lipinski definition) is 1. The van der Waals surface area contributed by atoms with Crippen molar-refractivity contribution in [2.45, 2.75) is 6.92 Å². The average molecular weight is 563 g/mol. The Morgan fingerprint density at radius 1 is 0.568 bits per heavy atom. The Balaban J connectivity index is 1.47. The highest BCUT2D eigenvalue weighted by atomic mass is 15.1. The van der Waals surface area contributed by atoms with E-state index in [0.717, 1.165) is 39.4 Å². The van der Waals surface area contributed by atoms with Crippen LogP contribution in [0.3, 0.4) is 0 Å². The molecule has 8 rings (SSSR count). The summed E-state index contributed by atoms with van der Waals surface area (Å²) in [6, 6.07) is 47.8. The molecule has 0 radical (unpaired) electrons. The smallest absolute Gasteiger partial charge is 0.138 e. The molecule has 0 saturated carbocycles. The fourth-order valence-corrected chi connectivity index (χ4v) is 6.57. The van der Waals surface area contributed by atoms with Crippen LogP contribution in [0.1, 0.15) is 11.3 Å².